The summed E-state index contributed by atoms with van der Waals surface area (Å²) in [6.07, 6.45) is 7.30. The first-order chi connectivity index (χ1) is 13.5. The van der Waals surface area contributed by atoms with Crippen LogP contribution in [0.4, 0.5) is 0 Å². The highest BCUT2D eigenvalue weighted by molar-refractivity contribution is 5.91. The molecule has 0 radical (unpaired) electrons. The summed E-state index contributed by atoms with van der Waals surface area (Å²) in [5, 5.41) is 11.7. The first kappa shape index (κ1) is 21.0. The highest BCUT2D eigenvalue weighted by Crippen LogP contribution is 2.69. The minimum atomic E-state index is -1.43. The van der Waals surface area contributed by atoms with E-state index in [9.17, 15) is 19.5 Å². The van der Waals surface area contributed by atoms with Crippen molar-refractivity contribution in [2.75, 3.05) is 6.61 Å². The molecule has 0 heterocycles. The van der Waals surface area contributed by atoms with E-state index >= 15 is 0 Å². The number of hydrogen-bond acceptors (Lipinski definition) is 5. The number of fused-ring (bicyclic) bond motifs is 5. The van der Waals surface area contributed by atoms with Gasteiger partial charge in [0.2, 0.25) is 5.78 Å². The van der Waals surface area contributed by atoms with E-state index in [1.54, 1.807) is 0 Å². The van der Waals surface area contributed by atoms with E-state index in [0.29, 0.717) is 35.9 Å². The van der Waals surface area contributed by atoms with E-state index in [1.807, 2.05) is 6.92 Å². The molecule has 0 bridgehead atoms. The van der Waals surface area contributed by atoms with Crippen LogP contribution >= 0.6 is 0 Å². The van der Waals surface area contributed by atoms with Gasteiger partial charge in [0.25, 0.3) is 0 Å². The Bertz CT molecular complexity index is 731. The quantitative estimate of drug-likeness (QED) is 0.725. The van der Waals surface area contributed by atoms with E-state index in [1.165, 1.54) is 6.92 Å². The van der Waals surface area contributed by atoms with Crippen LogP contribution in [0.1, 0.15) is 79.1 Å². The Hall–Kier alpha value is -1.23. The number of carbonyl (C=O) groups excluding carboxylic acids is 3. The molecule has 162 valence electrons. The summed E-state index contributed by atoms with van der Waals surface area (Å²) in [7, 11) is 0. The van der Waals surface area contributed by atoms with Crippen molar-refractivity contribution in [3.05, 3.63) is 0 Å². The van der Waals surface area contributed by atoms with Crippen LogP contribution in [0.15, 0.2) is 0 Å². The van der Waals surface area contributed by atoms with Crippen LogP contribution in [0.5, 0.6) is 0 Å². The average Bonchev–Trinajstić information content (AvgIpc) is 2.88. The van der Waals surface area contributed by atoms with Crippen LogP contribution < -0.4 is 0 Å². The lowest BCUT2D eigenvalue weighted by atomic mass is 9.44. The van der Waals surface area contributed by atoms with Gasteiger partial charge in [0.15, 0.2) is 6.61 Å². The van der Waals surface area contributed by atoms with Crippen molar-refractivity contribution in [1.82, 2.24) is 0 Å². The zero-order valence-corrected chi connectivity index (χ0v) is 18.3. The Morgan fingerprint density at radius 1 is 1.14 bits per heavy atom. The fourth-order valence-electron chi connectivity index (χ4n) is 8.26. The summed E-state index contributed by atoms with van der Waals surface area (Å²) in [5.74, 6) is 1.33. The van der Waals surface area contributed by atoms with Crippen molar-refractivity contribution >= 4 is 17.5 Å². The molecule has 0 aromatic rings. The van der Waals surface area contributed by atoms with Gasteiger partial charge in [0.1, 0.15) is 11.4 Å². The molecule has 0 unspecified atom stereocenters. The largest absolute Gasteiger partial charge is 0.458 e. The van der Waals surface area contributed by atoms with Crippen molar-refractivity contribution in [3.63, 3.8) is 0 Å². The van der Waals surface area contributed by atoms with Crippen LogP contribution in [-0.4, -0.2) is 34.9 Å². The number of ketones is 2. The van der Waals surface area contributed by atoms with Crippen molar-refractivity contribution < 1.29 is 24.2 Å². The van der Waals surface area contributed by atoms with Gasteiger partial charge in [0.05, 0.1) is 0 Å². The summed E-state index contributed by atoms with van der Waals surface area (Å²) < 4.78 is 4.98. The maximum absolute atomic E-state index is 13.1. The summed E-state index contributed by atoms with van der Waals surface area (Å²) in [6, 6.07) is 0. The molecule has 4 fully saturated rings. The molecule has 0 aromatic heterocycles. The molecule has 4 aliphatic carbocycles. The molecule has 5 nitrogen and oxygen atoms in total. The predicted molar refractivity (Wildman–Crippen MR) is 108 cm³/mol. The smallest absolute Gasteiger partial charge is 0.303 e. The molecule has 0 amide bonds. The van der Waals surface area contributed by atoms with Gasteiger partial charge in [-0.2, -0.15) is 0 Å². The lowest BCUT2D eigenvalue weighted by Crippen LogP contribution is -2.60. The summed E-state index contributed by atoms with van der Waals surface area (Å²) in [5.41, 5.74) is -1.69. The molecule has 8 atom stereocenters. The van der Waals surface area contributed by atoms with Gasteiger partial charge >= 0.3 is 5.97 Å². The molecule has 0 aliphatic heterocycles. The lowest BCUT2D eigenvalue weighted by molar-refractivity contribution is -0.179. The molecular formula is C24H36O5. The van der Waals surface area contributed by atoms with Gasteiger partial charge in [-0.15, -0.1) is 0 Å². The Kier molecular flexibility index (Phi) is 5.00. The van der Waals surface area contributed by atoms with Crippen molar-refractivity contribution in [3.8, 4) is 0 Å². The minimum Gasteiger partial charge on any atom is -0.458 e. The molecule has 1 N–H and O–H groups in total. The third-order valence-corrected chi connectivity index (χ3v) is 9.89. The van der Waals surface area contributed by atoms with Gasteiger partial charge in [-0.05, 0) is 73.5 Å². The molecule has 5 heteroatoms. The van der Waals surface area contributed by atoms with Crippen LogP contribution in [0.3, 0.4) is 0 Å². The fraction of sp³-hybridized carbons (Fsp3) is 0.875. The van der Waals surface area contributed by atoms with E-state index in [0.717, 1.165) is 44.9 Å². The second-order valence-electron chi connectivity index (χ2n) is 11.0. The van der Waals surface area contributed by atoms with Crippen LogP contribution in [-0.2, 0) is 19.1 Å². The normalized spacial score (nSPS) is 49.0. The van der Waals surface area contributed by atoms with Crippen molar-refractivity contribution in [2.24, 2.45) is 40.4 Å². The molecule has 29 heavy (non-hydrogen) atoms. The molecule has 0 spiro atoms. The molecule has 4 saturated carbocycles. The van der Waals surface area contributed by atoms with Gasteiger partial charge in [0, 0.05) is 25.2 Å². The summed E-state index contributed by atoms with van der Waals surface area (Å²) >= 11 is 0. The number of hydrogen-bond donors (Lipinski definition) is 1. The number of esters is 1. The topological polar surface area (TPSA) is 80.7 Å². The number of carbonyl (C=O) groups is 3. The molecule has 4 aliphatic rings. The maximum atomic E-state index is 13.1. The first-order valence-electron chi connectivity index (χ1n) is 11.4. The van der Waals surface area contributed by atoms with E-state index in [4.69, 9.17) is 4.74 Å². The van der Waals surface area contributed by atoms with E-state index in [-0.39, 0.29) is 23.7 Å². The first-order valence-corrected chi connectivity index (χ1v) is 11.4. The second-order valence-corrected chi connectivity index (χ2v) is 11.0. The van der Waals surface area contributed by atoms with Gasteiger partial charge in [-0.25, -0.2) is 0 Å². The maximum Gasteiger partial charge on any atom is 0.303 e. The third kappa shape index (κ3) is 2.86. The molecular weight excluding hydrogens is 368 g/mol. The summed E-state index contributed by atoms with van der Waals surface area (Å²) in [6.45, 7) is 7.44. The second kappa shape index (κ2) is 6.90. The zero-order chi connectivity index (χ0) is 21.2. The standard InChI is InChI=1S/C24H36O5/c1-14-11-20-18-6-5-16-12-17(26)7-9-22(16,3)19(18)8-10-23(20,4)24(14,28)21(27)13-29-15(2)25/h14,16,18-20,28H,5-13H2,1-4H3/t14-,16-,18-,19+,20-,22+,23-,24+/m1/s1. The third-order valence-electron chi connectivity index (χ3n) is 9.89. The Morgan fingerprint density at radius 3 is 2.55 bits per heavy atom. The Morgan fingerprint density at radius 2 is 1.86 bits per heavy atom. The predicted octanol–water partition coefficient (Wildman–Crippen LogP) is 3.71. The van der Waals surface area contributed by atoms with Crippen molar-refractivity contribution in [1.29, 1.82) is 0 Å². The van der Waals surface area contributed by atoms with Gasteiger partial charge < -0.3 is 9.84 Å². The highest BCUT2D eigenvalue weighted by atomic mass is 16.5. The Labute approximate surface area is 174 Å². The zero-order valence-electron chi connectivity index (χ0n) is 18.3. The number of rotatable bonds is 3. The van der Waals surface area contributed by atoms with Crippen LogP contribution in [0.2, 0.25) is 0 Å². The SMILES string of the molecule is CC(=O)OCC(=O)[C@@]1(O)[C@H](C)C[C@@H]2[C@@H]3CC[C@@H]4CC(=O)CC[C@]4(C)[C@H]3CC[C@]21C. The Balaban J connectivity index is 1.62. The van der Waals surface area contributed by atoms with E-state index < -0.39 is 17.0 Å². The van der Waals surface area contributed by atoms with Crippen LogP contribution in [0.25, 0.3) is 0 Å². The van der Waals surface area contributed by atoms with Gasteiger partial charge in [-0.3, -0.25) is 14.4 Å². The monoisotopic (exact) mass is 404 g/mol. The fourth-order valence-corrected chi connectivity index (χ4v) is 8.26. The number of Topliss-reactive ketones (excluding diaryl/α,β-unsaturated/α-hetero) is 2. The lowest BCUT2D eigenvalue weighted by Gasteiger charge is -2.60. The van der Waals surface area contributed by atoms with Gasteiger partial charge in [-0.1, -0.05) is 20.8 Å². The molecule has 0 saturated heterocycles. The molecule has 0 aromatic carbocycles. The molecule has 4 rings (SSSR count). The summed E-state index contributed by atoms with van der Waals surface area (Å²) in [4.78, 5) is 36.3. The average molecular weight is 405 g/mol. The van der Waals surface area contributed by atoms with E-state index in [2.05, 4.69) is 13.8 Å². The van der Waals surface area contributed by atoms with Crippen LogP contribution in [0, 0.1) is 40.4 Å². The minimum absolute atomic E-state index is 0.141. The highest BCUT2D eigenvalue weighted by Gasteiger charge is 2.69. The number of ether oxygens (including phenoxy) is 1. The van der Waals surface area contributed by atoms with Crippen molar-refractivity contribution in [2.45, 2.75) is 84.7 Å². The number of aliphatic hydroxyl groups is 1.